The molecule has 3 rings (SSSR count). The zero-order chi connectivity index (χ0) is 22.4. The van der Waals surface area contributed by atoms with E-state index in [1.165, 1.54) is 30.0 Å². The van der Waals surface area contributed by atoms with Gasteiger partial charge in [0, 0.05) is 16.1 Å². The van der Waals surface area contributed by atoms with Crippen molar-refractivity contribution in [1.29, 1.82) is 0 Å². The fourth-order valence-corrected chi connectivity index (χ4v) is 3.58. The van der Waals surface area contributed by atoms with Crippen molar-refractivity contribution in [3.05, 3.63) is 88.4 Å². The SMILES string of the molecule is Cc1cccc(C(=O)Nc2ccc(SCC(=O)Nc3cc(C(=O)O)ccc3Cl)cc2)c1. The quantitative estimate of drug-likeness (QED) is 0.419. The average molecular weight is 455 g/mol. The second-order valence-electron chi connectivity index (χ2n) is 6.68. The molecule has 31 heavy (non-hydrogen) atoms. The molecule has 2 amide bonds. The second kappa shape index (κ2) is 10.1. The van der Waals surface area contributed by atoms with Gasteiger partial charge in [0.2, 0.25) is 5.91 Å². The maximum atomic E-state index is 12.3. The first-order valence-electron chi connectivity index (χ1n) is 9.25. The number of hydrogen-bond acceptors (Lipinski definition) is 4. The lowest BCUT2D eigenvalue weighted by Crippen LogP contribution is -2.15. The van der Waals surface area contributed by atoms with Crippen LogP contribution in [0.1, 0.15) is 26.3 Å². The van der Waals surface area contributed by atoms with Crippen molar-refractivity contribution in [3.63, 3.8) is 0 Å². The molecule has 0 aliphatic heterocycles. The summed E-state index contributed by atoms with van der Waals surface area (Å²) in [6.07, 6.45) is 0. The van der Waals surface area contributed by atoms with Crippen LogP contribution in [0.2, 0.25) is 5.02 Å². The molecule has 6 nitrogen and oxygen atoms in total. The molecule has 0 unspecified atom stereocenters. The van der Waals surface area contributed by atoms with Crippen LogP contribution in [0.4, 0.5) is 11.4 Å². The fourth-order valence-electron chi connectivity index (χ4n) is 2.71. The summed E-state index contributed by atoms with van der Waals surface area (Å²) >= 11 is 7.33. The van der Waals surface area contributed by atoms with Gasteiger partial charge in [-0.1, -0.05) is 29.3 Å². The molecule has 0 spiro atoms. The minimum Gasteiger partial charge on any atom is -0.478 e. The predicted octanol–water partition coefficient (Wildman–Crippen LogP) is 5.33. The lowest BCUT2D eigenvalue weighted by molar-refractivity contribution is -0.113. The number of hydrogen-bond donors (Lipinski definition) is 3. The zero-order valence-corrected chi connectivity index (χ0v) is 18.1. The number of nitrogens with one attached hydrogen (secondary N) is 2. The highest BCUT2D eigenvalue weighted by molar-refractivity contribution is 8.00. The number of carbonyl (C=O) groups excluding carboxylic acids is 2. The smallest absolute Gasteiger partial charge is 0.335 e. The van der Waals surface area contributed by atoms with E-state index in [0.29, 0.717) is 11.3 Å². The summed E-state index contributed by atoms with van der Waals surface area (Å²) in [5.74, 6) is -1.49. The van der Waals surface area contributed by atoms with E-state index < -0.39 is 5.97 Å². The maximum absolute atomic E-state index is 12.3. The molecular formula is C23H19ClN2O4S. The fraction of sp³-hybridized carbons (Fsp3) is 0.0870. The molecule has 0 aromatic heterocycles. The molecule has 0 aliphatic carbocycles. The Bertz CT molecular complexity index is 1130. The summed E-state index contributed by atoms with van der Waals surface area (Å²) in [5, 5.41) is 14.8. The lowest BCUT2D eigenvalue weighted by Gasteiger charge is -2.09. The molecule has 0 atom stereocenters. The van der Waals surface area contributed by atoms with E-state index in [1.54, 1.807) is 18.2 Å². The molecule has 3 N–H and O–H groups in total. The van der Waals surface area contributed by atoms with Crippen molar-refractivity contribution in [2.75, 3.05) is 16.4 Å². The van der Waals surface area contributed by atoms with Gasteiger partial charge in [-0.2, -0.15) is 0 Å². The van der Waals surface area contributed by atoms with E-state index in [4.69, 9.17) is 16.7 Å². The molecule has 0 aliphatic rings. The number of halogens is 1. The number of carboxylic acid groups (broad SMARTS) is 1. The highest BCUT2D eigenvalue weighted by Gasteiger charge is 2.11. The number of carbonyl (C=O) groups is 3. The van der Waals surface area contributed by atoms with Crippen LogP contribution < -0.4 is 10.6 Å². The molecule has 158 valence electrons. The first-order chi connectivity index (χ1) is 14.8. The van der Waals surface area contributed by atoms with E-state index in [2.05, 4.69) is 10.6 Å². The molecule has 8 heteroatoms. The molecule has 0 radical (unpaired) electrons. The lowest BCUT2D eigenvalue weighted by atomic mass is 10.1. The van der Waals surface area contributed by atoms with Crippen molar-refractivity contribution in [2.24, 2.45) is 0 Å². The summed E-state index contributed by atoms with van der Waals surface area (Å²) in [5.41, 5.74) is 2.53. The maximum Gasteiger partial charge on any atom is 0.335 e. The van der Waals surface area contributed by atoms with Crippen LogP contribution >= 0.6 is 23.4 Å². The van der Waals surface area contributed by atoms with Crippen LogP contribution in [0.15, 0.2) is 71.6 Å². The highest BCUT2D eigenvalue weighted by Crippen LogP contribution is 2.25. The Kier molecular flexibility index (Phi) is 7.33. The highest BCUT2D eigenvalue weighted by atomic mass is 35.5. The minimum atomic E-state index is -1.10. The van der Waals surface area contributed by atoms with Gasteiger partial charge < -0.3 is 15.7 Å². The van der Waals surface area contributed by atoms with Crippen molar-refractivity contribution >= 4 is 52.5 Å². The first-order valence-corrected chi connectivity index (χ1v) is 10.6. The molecule has 3 aromatic rings. The Morgan fingerprint density at radius 3 is 2.35 bits per heavy atom. The van der Waals surface area contributed by atoms with E-state index in [9.17, 15) is 14.4 Å². The number of aryl methyl sites for hydroxylation is 1. The van der Waals surface area contributed by atoms with Crippen molar-refractivity contribution < 1.29 is 19.5 Å². The van der Waals surface area contributed by atoms with Gasteiger partial charge in [-0.3, -0.25) is 9.59 Å². The normalized spacial score (nSPS) is 10.4. The summed E-state index contributed by atoms with van der Waals surface area (Å²) in [4.78, 5) is 36.4. The molecule has 0 heterocycles. The van der Waals surface area contributed by atoms with Crippen LogP contribution in [0.25, 0.3) is 0 Å². The van der Waals surface area contributed by atoms with Crippen LogP contribution in [-0.2, 0) is 4.79 Å². The van der Waals surface area contributed by atoms with Gasteiger partial charge in [-0.15, -0.1) is 11.8 Å². The molecule has 0 saturated heterocycles. The van der Waals surface area contributed by atoms with Crippen molar-refractivity contribution in [1.82, 2.24) is 0 Å². The average Bonchev–Trinajstić information content (AvgIpc) is 2.74. The molecule has 3 aromatic carbocycles. The van der Waals surface area contributed by atoms with E-state index in [1.807, 2.05) is 37.3 Å². The van der Waals surface area contributed by atoms with Crippen LogP contribution in [0, 0.1) is 6.92 Å². The number of amides is 2. The molecular weight excluding hydrogens is 436 g/mol. The van der Waals surface area contributed by atoms with Crippen LogP contribution in [0.5, 0.6) is 0 Å². The summed E-state index contributed by atoms with van der Waals surface area (Å²) in [6, 6.07) is 18.6. The Morgan fingerprint density at radius 2 is 1.68 bits per heavy atom. The van der Waals surface area contributed by atoms with Gasteiger partial charge in [-0.05, 0) is 61.5 Å². The number of rotatable bonds is 7. The van der Waals surface area contributed by atoms with Gasteiger partial charge in [0.25, 0.3) is 5.91 Å². The summed E-state index contributed by atoms with van der Waals surface area (Å²) < 4.78 is 0. The number of thioether (sulfide) groups is 1. The topological polar surface area (TPSA) is 95.5 Å². The Labute approximate surface area is 188 Å². The Balaban J connectivity index is 1.54. The van der Waals surface area contributed by atoms with Gasteiger partial charge in [0.05, 0.1) is 22.0 Å². The third kappa shape index (κ3) is 6.34. The second-order valence-corrected chi connectivity index (χ2v) is 8.14. The van der Waals surface area contributed by atoms with Gasteiger partial charge in [0.1, 0.15) is 0 Å². The number of aromatic carboxylic acids is 1. The zero-order valence-electron chi connectivity index (χ0n) is 16.5. The van der Waals surface area contributed by atoms with Crippen LogP contribution in [0.3, 0.4) is 0 Å². The summed E-state index contributed by atoms with van der Waals surface area (Å²) in [6.45, 7) is 1.93. The number of carboxylic acids is 1. The largest absolute Gasteiger partial charge is 0.478 e. The Morgan fingerprint density at radius 1 is 0.935 bits per heavy atom. The van der Waals surface area contributed by atoms with Gasteiger partial charge >= 0.3 is 5.97 Å². The van der Waals surface area contributed by atoms with Crippen LogP contribution in [-0.4, -0.2) is 28.6 Å². The standard InChI is InChI=1S/C23H19ClN2O4S/c1-14-3-2-4-15(11-14)22(28)25-17-6-8-18(9-7-17)31-13-21(27)26-20-12-16(23(29)30)5-10-19(20)24/h2-12H,13H2,1H3,(H,25,28)(H,26,27)(H,29,30). The van der Waals surface area contributed by atoms with Gasteiger partial charge in [0.15, 0.2) is 0 Å². The van der Waals surface area contributed by atoms with E-state index >= 15 is 0 Å². The predicted molar refractivity (Wildman–Crippen MR) is 123 cm³/mol. The summed E-state index contributed by atoms with van der Waals surface area (Å²) in [7, 11) is 0. The number of anilines is 2. The molecule has 0 fully saturated rings. The third-order valence-electron chi connectivity index (χ3n) is 4.25. The number of benzene rings is 3. The van der Waals surface area contributed by atoms with Crippen molar-refractivity contribution in [2.45, 2.75) is 11.8 Å². The molecule has 0 bridgehead atoms. The Hall–Kier alpha value is -3.29. The van der Waals surface area contributed by atoms with Gasteiger partial charge in [-0.25, -0.2) is 4.79 Å². The first kappa shape index (κ1) is 22.4. The van der Waals surface area contributed by atoms with Crippen molar-refractivity contribution in [3.8, 4) is 0 Å². The monoisotopic (exact) mass is 454 g/mol. The van der Waals surface area contributed by atoms with E-state index in [0.717, 1.165) is 10.5 Å². The van der Waals surface area contributed by atoms with E-state index in [-0.39, 0.29) is 33.8 Å². The third-order valence-corrected chi connectivity index (χ3v) is 5.59. The minimum absolute atomic E-state index is 0.0376. The molecule has 0 saturated carbocycles.